The molecule has 2 atom stereocenters. The molecule has 2 aromatic carbocycles. The number of piperazine rings is 1. The van der Waals surface area contributed by atoms with Gasteiger partial charge in [-0.3, -0.25) is 14.5 Å². The van der Waals surface area contributed by atoms with Gasteiger partial charge in [0.2, 0.25) is 5.91 Å². The summed E-state index contributed by atoms with van der Waals surface area (Å²) >= 11 is 0. The van der Waals surface area contributed by atoms with Gasteiger partial charge in [0.15, 0.2) is 0 Å². The molecule has 2 heterocycles. The van der Waals surface area contributed by atoms with E-state index in [0.29, 0.717) is 19.5 Å². The lowest BCUT2D eigenvalue weighted by molar-refractivity contribution is -0.138. The molecule has 2 amide bonds. The fourth-order valence-electron chi connectivity index (χ4n) is 4.51. The Hall–Kier alpha value is -3.19. The summed E-state index contributed by atoms with van der Waals surface area (Å²) < 4.78 is 5.29. The molecule has 0 bridgehead atoms. The number of hydrogen-bond acceptors (Lipinski definition) is 5. The molecule has 0 aliphatic carbocycles. The standard InChI is InChI=1S/C25H30N4O3/c1-17(2)24-25(31)26-13-14-28(24)16-23(30)29-22(19-9-11-20(32-3)12-10-19)15-21(27-29)18-7-5-4-6-8-18/h4-12,17,22,24H,13-16H2,1-3H3,(H,26,31). The average molecular weight is 435 g/mol. The van der Waals surface area contributed by atoms with Gasteiger partial charge in [-0.25, -0.2) is 5.01 Å². The third kappa shape index (κ3) is 4.53. The minimum atomic E-state index is -0.313. The summed E-state index contributed by atoms with van der Waals surface area (Å²) in [5, 5.41) is 9.28. The zero-order valence-electron chi connectivity index (χ0n) is 18.8. The van der Waals surface area contributed by atoms with Gasteiger partial charge in [0.05, 0.1) is 31.4 Å². The summed E-state index contributed by atoms with van der Waals surface area (Å²) in [5.74, 6) is 0.771. The van der Waals surface area contributed by atoms with E-state index in [1.165, 1.54) is 0 Å². The van der Waals surface area contributed by atoms with Crippen LogP contribution in [-0.2, 0) is 9.59 Å². The lowest BCUT2D eigenvalue weighted by Crippen LogP contribution is -2.59. The number of benzene rings is 2. The molecule has 2 aromatic rings. The third-order valence-corrected chi connectivity index (χ3v) is 6.10. The summed E-state index contributed by atoms with van der Waals surface area (Å²) in [4.78, 5) is 27.9. The molecule has 1 N–H and O–H groups in total. The maximum absolute atomic E-state index is 13.5. The first-order chi connectivity index (χ1) is 15.5. The van der Waals surface area contributed by atoms with Gasteiger partial charge in [0, 0.05) is 19.5 Å². The molecule has 2 unspecified atom stereocenters. The first-order valence-corrected chi connectivity index (χ1v) is 11.1. The number of carbonyl (C=O) groups is 2. The highest BCUT2D eigenvalue weighted by atomic mass is 16.5. The van der Waals surface area contributed by atoms with Crippen molar-refractivity contribution in [1.29, 1.82) is 0 Å². The van der Waals surface area contributed by atoms with Crippen molar-refractivity contribution in [3.05, 3.63) is 65.7 Å². The molecule has 7 heteroatoms. The van der Waals surface area contributed by atoms with Crippen LogP contribution in [0, 0.1) is 5.92 Å². The van der Waals surface area contributed by atoms with Crippen molar-refractivity contribution in [2.24, 2.45) is 11.0 Å². The Labute approximate surface area is 189 Å². The maximum atomic E-state index is 13.5. The zero-order valence-corrected chi connectivity index (χ0v) is 18.8. The van der Waals surface area contributed by atoms with Gasteiger partial charge in [0.1, 0.15) is 5.75 Å². The van der Waals surface area contributed by atoms with E-state index in [1.807, 2.05) is 73.3 Å². The molecule has 0 spiro atoms. The number of ether oxygens (including phenoxy) is 1. The number of nitrogens with zero attached hydrogens (tertiary/aromatic N) is 3. The average Bonchev–Trinajstić information content (AvgIpc) is 3.25. The number of hydrazone groups is 1. The van der Waals surface area contributed by atoms with E-state index in [-0.39, 0.29) is 36.4 Å². The van der Waals surface area contributed by atoms with Gasteiger partial charge in [-0.15, -0.1) is 0 Å². The second-order valence-electron chi connectivity index (χ2n) is 8.59. The Kier molecular flexibility index (Phi) is 6.55. The Morgan fingerprint density at radius 3 is 2.53 bits per heavy atom. The van der Waals surface area contributed by atoms with Gasteiger partial charge >= 0.3 is 0 Å². The smallest absolute Gasteiger partial charge is 0.257 e. The molecule has 7 nitrogen and oxygen atoms in total. The minimum Gasteiger partial charge on any atom is -0.497 e. The van der Waals surface area contributed by atoms with E-state index in [0.717, 1.165) is 22.6 Å². The lowest BCUT2D eigenvalue weighted by Gasteiger charge is -2.37. The molecular formula is C25H30N4O3. The van der Waals surface area contributed by atoms with E-state index in [4.69, 9.17) is 9.84 Å². The van der Waals surface area contributed by atoms with Crippen molar-refractivity contribution in [1.82, 2.24) is 15.2 Å². The molecule has 2 aliphatic heterocycles. The lowest BCUT2D eigenvalue weighted by atomic mass is 9.98. The molecule has 0 saturated carbocycles. The molecule has 0 radical (unpaired) electrons. The van der Waals surface area contributed by atoms with E-state index in [2.05, 4.69) is 5.32 Å². The van der Waals surface area contributed by atoms with Crippen LogP contribution in [0.1, 0.15) is 37.4 Å². The second kappa shape index (κ2) is 9.53. The van der Waals surface area contributed by atoms with Crippen molar-refractivity contribution in [2.45, 2.75) is 32.4 Å². The molecule has 32 heavy (non-hydrogen) atoms. The van der Waals surface area contributed by atoms with Crippen molar-refractivity contribution in [3.8, 4) is 5.75 Å². The van der Waals surface area contributed by atoms with E-state index >= 15 is 0 Å². The van der Waals surface area contributed by atoms with Crippen LogP contribution >= 0.6 is 0 Å². The van der Waals surface area contributed by atoms with Crippen LogP contribution in [0.2, 0.25) is 0 Å². The monoisotopic (exact) mass is 434 g/mol. The first-order valence-electron chi connectivity index (χ1n) is 11.1. The summed E-state index contributed by atoms with van der Waals surface area (Å²) in [6.45, 7) is 5.38. The Morgan fingerprint density at radius 1 is 1.16 bits per heavy atom. The molecule has 168 valence electrons. The Balaban J connectivity index is 1.61. The highest BCUT2D eigenvalue weighted by molar-refractivity contribution is 6.03. The van der Waals surface area contributed by atoms with Gasteiger partial charge in [-0.2, -0.15) is 5.10 Å². The van der Waals surface area contributed by atoms with E-state index in [1.54, 1.807) is 12.1 Å². The number of nitrogens with one attached hydrogen (secondary N) is 1. The molecule has 2 aliphatic rings. The molecule has 0 aromatic heterocycles. The normalized spacial score (nSPS) is 21.4. The highest BCUT2D eigenvalue weighted by Crippen LogP contribution is 2.34. The van der Waals surface area contributed by atoms with E-state index < -0.39 is 0 Å². The van der Waals surface area contributed by atoms with E-state index in [9.17, 15) is 9.59 Å². The summed E-state index contributed by atoms with van der Waals surface area (Å²) in [6.07, 6.45) is 0.635. The number of rotatable bonds is 6. The fourth-order valence-corrected chi connectivity index (χ4v) is 4.51. The quantitative estimate of drug-likeness (QED) is 0.759. The van der Waals surface area contributed by atoms with Crippen LogP contribution in [0.25, 0.3) is 0 Å². The van der Waals surface area contributed by atoms with Gasteiger partial charge in [0.25, 0.3) is 5.91 Å². The first kappa shape index (κ1) is 22.0. The van der Waals surface area contributed by atoms with Crippen LogP contribution < -0.4 is 10.1 Å². The number of amides is 2. The third-order valence-electron chi connectivity index (χ3n) is 6.10. The van der Waals surface area contributed by atoms with Crippen molar-refractivity contribution in [3.63, 3.8) is 0 Å². The number of carbonyl (C=O) groups excluding carboxylic acids is 2. The summed E-state index contributed by atoms with van der Waals surface area (Å²) in [6, 6.07) is 17.2. The zero-order chi connectivity index (χ0) is 22.7. The highest BCUT2D eigenvalue weighted by Gasteiger charge is 2.37. The predicted octanol–water partition coefficient (Wildman–Crippen LogP) is 2.83. The molecular weight excluding hydrogens is 404 g/mol. The SMILES string of the molecule is COc1ccc(C2CC(c3ccccc3)=NN2C(=O)CN2CCNC(=O)C2C(C)C)cc1. The molecule has 4 rings (SSSR count). The van der Waals surface area contributed by atoms with Crippen LogP contribution in [0.3, 0.4) is 0 Å². The Bertz CT molecular complexity index is 988. The predicted molar refractivity (Wildman–Crippen MR) is 123 cm³/mol. The van der Waals surface area contributed by atoms with Crippen LogP contribution in [-0.4, -0.2) is 60.2 Å². The number of hydrogen-bond donors (Lipinski definition) is 1. The Morgan fingerprint density at radius 2 is 1.88 bits per heavy atom. The maximum Gasteiger partial charge on any atom is 0.257 e. The summed E-state index contributed by atoms with van der Waals surface area (Å²) in [7, 11) is 1.64. The summed E-state index contributed by atoms with van der Waals surface area (Å²) in [5.41, 5.74) is 2.90. The minimum absolute atomic E-state index is 0.0133. The molecule has 1 saturated heterocycles. The topological polar surface area (TPSA) is 74.2 Å². The van der Waals surface area contributed by atoms with Gasteiger partial charge < -0.3 is 10.1 Å². The van der Waals surface area contributed by atoms with Gasteiger partial charge in [-0.1, -0.05) is 56.3 Å². The largest absolute Gasteiger partial charge is 0.497 e. The van der Waals surface area contributed by atoms with Crippen molar-refractivity contribution in [2.75, 3.05) is 26.7 Å². The second-order valence-corrected chi connectivity index (χ2v) is 8.59. The fraction of sp³-hybridized carbons (Fsp3) is 0.400. The van der Waals surface area contributed by atoms with Crippen LogP contribution in [0.4, 0.5) is 0 Å². The molecule has 1 fully saturated rings. The number of methoxy groups -OCH3 is 1. The van der Waals surface area contributed by atoms with Crippen LogP contribution in [0.15, 0.2) is 59.7 Å². The van der Waals surface area contributed by atoms with Gasteiger partial charge in [-0.05, 0) is 29.2 Å². The van der Waals surface area contributed by atoms with Crippen molar-refractivity contribution < 1.29 is 14.3 Å². The van der Waals surface area contributed by atoms with Crippen molar-refractivity contribution >= 4 is 17.5 Å². The van der Waals surface area contributed by atoms with Crippen LogP contribution in [0.5, 0.6) is 5.75 Å².